The lowest BCUT2D eigenvalue weighted by Crippen LogP contribution is -2.59. The van der Waals surface area contributed by atoms with Gasteiger partial charge in [-0.15, -0.1) is 0 Å². The highest BCUT2D eigenvalue weighted by Crippen LogP contribution is 2.37. The van der Waals surface area contributed by atoms with Crippen LogP contribution in [-0.2, 0) is 31.9 Å². The molecule has 0 saturated heterocycles. The second-order valence-electron chi connectivity index (χ2n) is 12.3. The summed E-state index contributed by atoms with van der Waals surface area (Å²) in [7, 11) is 3.18. The molecule has 0 bridgehead atoms. The minimum atomic E-state index is -1.95. The molecule has 6 N–H and O–H groups in total. The maximum atomic E-state index is 12.9. The number of primary amides is 1. The van der Waals surface area contributed by atoms with Crippen LogP contribution >= 0.6 is 11.3 Å². The van der Waals surface area contributed by atoms with E-state index in [1.54, 1.807) is 67.8 Å². The third-order valence-electron chi connectivity index (χ3n) is 5.94. The predicted octanol–water partition coefficient (Wildman–Crippen LogP) is 3.44. The standard InChI is InChI=1S/C29H43N7O7S/c1-17(37)32-25-33-20(22(44-25)23(39)31-16-21(38)36(8)9)15-12-18-10-13-19(14-11-18)34-29(27(2,3)4,42-24(30)40)43-26(41)35-28(5,6)7/h10-11,13-14,34H,12,15-16H2,1-9H3,(H2,30,40)(H,31,39)(H,35,41)(H,32,33,37). The van der Waals surface area contributed by atoms with Gasteiger partial charge in [0.05, 0.1) is 17.7 Å². The highest BCUT2D eigenvalue weighted by atomic mass is 32.1. The molecule has 1 aromatic heterocycles. The topological polar surface area (TPSA) is 194 Å². The molecular formula is C29H43N7O7S. The number of alkyl carbamates (subject to hydrolysis) is 1. The van der Waals surface area contributed by atoms with Crippen molar-refractivity contribution >= 4 is 52.1 Å². The van der Waals surface area contributed by atoms with E-state index in [0.717, 1.165) is 16.9 Å². The van der Waals surface area contributed by atoms with Crippen LogP contribution in [0.2, 0.25) is 0 Å². The Labute approximate surface area is 261 Å². The first-order chi connectivity index (χ1) is 20.2. The lowest BCUT2D eigenvalue weighted by atomic mass is 9.90. The molecule has 1 unspecified atom stereocenters. The first kappa shape index (κ1) is 35.8. The SMILES string of the molecule is CC(=O)Nc1nc(CCc2ccc(NC(OC(N)=O)(OC(=O)NC(C)(C)C)C(C)(C)C)cc2)c(C(=O)NCC(=O)N(C)C)s1. The minimum absolute atomic E-state index is 0.176. The number of carbonyl (C=O) groups is 5. The molecule has 1 aromatic carbocycles. The molecule has 2 rings (SSSR count). The van der Waals surface area contributed by atoms with Gasteiger partial charge in [0.15, 0.2) is 5.13 Å². The van der Waals surface area contributed by atoms with Crippen LogP contribution in [-0.4, -0.2) is 71.9 Å². The highest BCUT2D eigenvalue weighted by Gasteiger charge is 2.50. The van der Waals surface area contributed by atoms with Crippen molar-refractivity contribution in [3.05, 3.63) is 40.4 Å². The van der Waals surface area contributed by atoms with Gasteiger partial charge in [-0.25, -0.2) is 14.6 Å². The second-order valence-corrected chi connectivity index (χ2v) is 13.3. The number of aromatic nitrogens is 1. The summed E-state index contributed by atoms with van der Waals surface area (Å²) < 4.78 is 11.0. The molecule has 0 aliphatic rings. The van der Waals surface area contributed by atoms with Crippen LogP contribution in [0.4, 0.5) is 20.4 Å². The van der Waals surface area contributed by atoms with Gasteiger partial charge in [-0.05, 0) is 51.3 Å². The molecule has 14 nitrogen and oxygen atoms in total. The minimum Gasteiger partial charge on any atom is -0.387 e. The van der Waals surface area contributed by atoms with Gasteiger partial charge in [0, 0.05) is 32.2 Å². The van der Waals surface area contributed by atoms with E-state index in [1.165, 1.54) is 11.8 Å². The third kappa shape index (κ3) is 10.7. The van der Waals surface area contributed by atoms with E-state index in [0.29, 0.717) is 29.1 Å². The molecule has 0 fully saturated rings. The van der Waals surface area contributed by atoms with Crippen molar-refractivity contribution in [2.45, 2.75) is 72.8 Å². The van der Waals surface area contributed by atoms with E-state index in [9.17, 15) is 24.0 Å². The van der Waals surface area contributed by atoms with Crippen LogP contribution in [0.3, 0.4) is 0 Å². The Hall–Kier alpha value is -4.40. The van der Waals surface area contributed by atoms with Crippen molar-refractivity contribution in [3.8, 4) is 0 Å². The molecule has 0 saturated carbocycles. The average Bonchev–Trinajstić information content (AvgIpc) is 3.26. The number of anilines is 2. The summed E-state index contributed by atoms with van der Waals surface area (Å²) in [6, 6.07) is 7.06. The van der Waals surface area contributed by atoms with E-state index in [-0.39, 0.29) is 23.5 Å². The van der Waals surface area contributed by atoms with Gasteiger partial charge in [0.25, 0.3) is 5.91 Å². The number of hydrogen-bond donors (Lipinski definition) is 5. The normalized spacial score (nSPS) is 12.8. The fourth-order valence-electron chi connectivity index (χ4n) is 3.67. The molecule has 5 amide bonds. The first-order valence-electron chi connectivity index (χ1n) is 13.8. The molecule has 44 heavy (non-hydrogen) atoms. The van der Waals surface area contributed by atoms with Crippen molar-refractivity contribution in [1.29, 1.82) is 0 Å². The first-order valence-corrected chi connectivity index (χ1v) is 14.7. The zero-order valence-corrected chi connectivity index (χ0v) is 27.5. The fraction of sp³-hybridized carbons (Fsp3) is 0.517. The molecule has 1 heterocycles. The molecule has 15 heteroatoms. The zero-order chi connectivity index (χ0) is 33.5. The Morgan fingerprint density at radius 2 is 1.57 bits per heavy atom. The number of nitrogens with one attached hydrogen (secondary N) is 4. The maximum absolute atomic E-state index is 12.9. The monoisotopic (exact) mass is 633 g/mol. The summed E-state index contributed by atoms with van der Waals surface area (Å²) in [5, 5.41) is 11.2. The number of aryl methyl sites for hydroxylation is 2. The van der Waals surface area contributed by atoms with Crippen LogP contribution in [0.15, 0.2) is 24.3 Å². The van der Waals surface area contributed by atoms with Gasteiger partial charge in [0.2, 0.25) is 11.8 Å². The summed E-state index contributed by atoms with van der Waals surface area (Å²) in [5.74, 6) is -3.01. The highest BCUT2D eigenvalue weighted by molar-refractivity contribution is 7.17. The van der Waals surface area contributed by atoms with Crippen molar-refractivity contribution in [2.75, 3.05) is 31.3 Å². The average molecular weight is 634 g/mol. The molecule has 0 aliphatic carbocycles. The number of hydrogen-bond acceptors (Lipinski definition) is 10. The van der Waals surface area contributed by atoms with Crippen LogP contribution in [0, 0.1) is 5.41 Å². The van der Waals surface area contributed by atoms with Gasteiger partial charge in [0.1, 0.15) is 4.88 Å². The van der Waals surface area contributed by atoms with E-state index in [4.69, 9.17) is 15.2 Å². The summed E-state index contributed by atoms with van der Waals surface area (Å²) in [5.41, 5.74) is 5.62. The number of rotatable bonds is 11. The molecule has 1 atom stereocenters. The number of carbonyl (C=O) groups excluding carboxylic acids is 5. The summed E-state index contributed by atoms with van der Waals surface area (Å²) in [4.78, 5) is 67.1. The Morgan fingerprint density at radius 1 is 0.955 bits per heavy atom. The Kier molecular flexibility index (Phi) is 11.7. The van der Waals surface area contributed by atoms with Crippen LogP contribution in [0.5, 0.6) is 0 Å². The van der Waals surface area contributed by atoms with Gasteiger partial charge in [-0.3, -0.25) is 14.4 Å². The number of benzene rings is 1. The molecule has 2 aromatic rings. The predicted molar refractivity (Wildman–Crippen MR) is 167 cm³/mol. The Balaban J connectivity index is 2.26. The smallest absolute Gasteiger partial charge is 0.387 e. The number of likely N-dealkylation sites (N-methyl/N-ethyl adjacent to an activating group) is 1. The van der Waals surface area contributed by atoms with Gasteiger partial charge in [-0.2, -0.15) is 0 Å². The van der Waals surface area contributed by atoms with Crippen LogP contribution in [0.25, 0.3) is 0 Å². The van der Waals surface area contributed by atoms with Crippen LogP contribution in [0.1, 0.15) is 69.4 Å². The van der Waals surface area contributed by atoms with Crippen molar-refractivity contribution in [3.63, 3.8) is 0 Å². The van der Waals surface area contributed by atoms with Gasteiger partial charge >= 0.3 is 18.1 Å². The zero-order valence-electron chi connectivity index (χ0n) is 26.7. The quantitative estimate of drug-likeness (QED) is 0.230. The van der Waals surface area contributed by atoms with E-state index >= 15 is 0 Å². The molecule has 242 valence electrons. The Morgan fingerprint density at radius 3 is 2.07 bits per heavy atom. The van der Waals surface area contributed by atoms with Gasteiger partial charge in [-0.1, -0.05) is 44.2 Å². The number of nitrogens with two attached hydrogens (primary N) is 1. The van der Waals surface area contributed by atoms with Crippen molar-refractivity contribution < 1.29 is 33.4 Å². The van der Waals surface area contributed by atoms with E-state index < -0.39 is 35.0 Å². The second kappa shape index (κ2) is 14.4. The fourth-order valence-corrected chi connectivity index (χ4v) is 4.65. The van der Waals surface area contributed by atoms with Crippen LogP contribution < -0.4 is 27.0 Å². The summed E-state index contributed by atoms with van der Waals surface area (Å²) in [6.07, 6.45) is -1.11. The lowest BCUT2D eigenvalue weighted by molar-refractivity contribution is -0.202. The lowest BCUT2D eigenvalue weighted by Gasteiger charge is -2.42. The number of thiazole rings is 1. The van der Waals surface area contributed by atoms with E-state index in [1.807, 2.05) is 12.1 Å². The number of amides is 5. The summed E-state index contributed by atoms with van der Waals surface area (Å²) in [6.45, 7) is 11.7. The molecular weight excluding hydrogens is 590 g/mol. The van der Waals surface area contributed by atoms with E-state index in [2.05, 4.69) is 26.3 Å². The van der Waals surface area contributed by atoms with Gasteiger partial charge < -0.3 is 41.4 Å². The largest absolute Gasteiger partial charge is 0.412 e. The molecule has 0 aliphatic heterocycles. The maximum Gasteiger partial charge on any atom is 0.412 e. The van der Waals surface area contributed by atoms with Crippen molar-refractivity contribution in [1.82, 2.24) is 20.5 Å². The van der Waals surface area contributed by atoms with Crippen molar-refractivity contribution in [2.24, 2.45) is 11.1 Å². The number of nitrogens with zero attached hydrogens (tertiary/aromatic N) is 2. The third-order valence-corrected chi connectivity index (χ3v) is 6.96. The Bertz CT molecular complexity index is 1360. The summed E-state index contributed by atoms with van der Waals surface area (Å²) >= 11 is 1.03. The molecule has 0 spiro atoms. The molecule has 0 radical (unpaired) electrons. The number of ether oxygens (including phenoxy) is 2.